The van der Waals surface area contributed by atoms with Gasteiger partial charge in [0.05, 0.1) is 6.61 Å². The lowest BCUT2D eigenvalue weighted by molar-refractivity contribution is 0.0710. The summed E-state index contributed by atoms with van der Waals surface area (Å²) >= 11 is 0. The molecule has 21 heavy (non-hydrogen) atoms. The molecule has 1 aromatic rings. The second kappa shape index (κ2) is 8.62. The zero-order valence-corrected chi connectivity index (χ0v) is 13.8. The minimum Gasteiger partial charge on any atom is -0.380 e. The summed E-state index contributed by atoms with van der Waals surface area (Å²) in [6, 6.07) is 3.69. The molecule has 5 nitrogen and oxygen atoms in total. The Labute approximate surface area is 127 Å². The topological polar surface area (TPSA) is 54.5 Å². The van der Waals surface area contributed by atoms with Gasteiger partial charge in [-0.1, -0.05) is 13.8 Å². The monoisotopic (exact) mass is 293 g/mol. The molecule has 1 rings (SSSR count). The van der Waals surface area contributed by atoms with E-state index in [9.17, 15) is 4.79 Å². The third-order valence-corrected chi connectivity index (χ3v) is 3.16. The van der Waals surface area contributed by atoms with Crippen molar-refractivity contribution in [3.8, 4) is 0 Å². The van der Waals surface area contributed by atoms with Crippen molar-refractivity contribution in [2.45, 2.75) is 33.6 Å². The normalized spacial score (nSPS) is 10.8. The number of nitrogens with zero attached hydrogens (tertiary/aromatic N) is 2. The Morgan fingerprint density at radius 3 is 2.67 bits per heavy atom. The Morgan fingerprint density at radius 1 is 1.38 bits per heavy atom. The van der Waals surface area contributed by atoms with E-state index in [0.717, 1.165) is 18.1 Å². The molecule has 1 N–H and O–H groups in total. The first kappa shape index (κ1) is 17.4. The molecule has 0 radical (unpaired) electrons. The largest absolute Gasteiger partial charge is 0.380 e. The Hall–Kier alpha value is -1.62. The number of aromatic nitrogens is 1. The molecule has 0 aliphatic heterocycles. The Balaban J connectivity index is 2.91. The zero-order chi connectivity index (χ0) is 15.8. The third kappa shape index (κ3) is 5.34. The highest BCUT2D eigenvalue weighted by molar-refractivity contribution is 5.94. The summed E-state index contributed by atoms with van der Waals surface area (Å²) in [4.78, 5) is 18.7. The van der Waals surface area contributed by atoms with Crippen LogP contribution in [0.1, 0.15) is 49.7 Å². The van der Waals surface area contributed by atoms with Crippen LogP contribution in [0.5, 0.6) is 0 Å². The summed E-state index contributed by atoms with van der Waals surface area (Å²) in [5.41, 5.74) is 1.60. The molecule has 5 heteroatoms. The van der Waals surface area contributed by atoms with Crippen molar-refractivity contribution in [1.29, 1.82) is 0 Å². The van der Waals surface area contributed by atoms with Crippen LogP contribution in [0.4, 0.5) is 5.82 Å². The number of carbonyl (C=O) groups excluding carboxylic acids is 1. The number of anilines is 1. The highest BCUT2D eigenvalue weighted by Crippen LogP contribution is 2.18. The van der Waals surface area contributed by atoms with E-state index >= 15 is 0 Å². The van der Waals surface area contributed by atoms with Gasteiger partial charge in [0.25, 0.3) is 5.91 Å². The van der Waals surface area contributed by atoms with Gasteiger partial charge in [-0.3, -0.25) is 4.79 Å². The van der Waals surface area contributed by atoms with Gasteiger partial charge in [-0.05, 0) is 31.9 Å². The van der Waals surface area contributed by atoms with E-state index in [0.29, 0.717) is 25.3 Å². The summed E-state index contributed by atoms with van der Waals surface area (Å²) in [5.74, 6) is 1.03. The molecule has 0 saturated carbocycles. The number of amides is 1. The quantitative estimate of drug-likeness (QED) is 0.749. The van der Waals surface area contributed by atoms with E-state index in [4.69, 9.17) is 4.74 Å². The average Bonchev–Trinajstić information content (AvgIpc) is 2.46. The summed E-state index contributed by atoms with van der Waals surface area (Å²) in [6.45, 7) is 10.7. The predicted octanol–water partition coefficient (Wildman–Crippen LogP) is 2.75. The van der Waals surface area contributed by atoms with Crippen LogP contribution in [0.3, 0.4) is 0 Å². The van der Waals surface area contributed by atoms with E-state index < -0.39 is 0 Å². The molecule has 1 aromatic heterocycles. The van der Waals surface area contributed by atoms with Crippen LogP contribution in [-0.4, -0.2) is 49.1 Å². The lowest BCUT2D eigenvalue weighted by atomic mass is 10.1. The van der Waals surface area contributed by atoms with Gasteiger partial charge in [-0.25, -0.2) is 4.98 Å². The first-order valence-corrected chi connectivity index (χ1v) is 7.58. The van der Waals surface area contributed by atoms with Gasteiger partial charge < -0.3 is 15.0 Å². The fourth-order valence-electron chi connectivity index (χ4n) is 1.91. The highest BCUT2D eigenvalue weighted by Gasteiger charge is 2.15. The molecule has 0 fully saturated rings. The molecule has 0 atom stereocenters. The standard InChI is InChI=1S/C16H27N3O2/c1-6-17-15-11-13(10-14(18-15)12(3)4)16(20)19(5)8-9-21-7-2/h10-12H,6-9H2,1-5H3,(H,17,18). The molecule has 1 heterocycles. The number of carbonyl (C=O) groups is 1. The Bertz CT molecular complexity index is 461. The fourth-order valence-corrected chi connectivity index (χ4v) is 1.91. The Morgan fingerprint density at radius 2 is 2.10 bits per heavy atom. The maximum atomic E-state index is 12.5. The van der Waals surface area contributed by atoms with Crippen LogP contribution in [0.2, 0.25) is 0 Å². The molecule has 0 spiro atoms. The van der Waals surface area contributed by atoms with Gasteiger partial charge in [0.1, 0.15) is 5.82 Å². The van der Waals surface area contributed by atoms with E-state index in [1.54, 1.807) is 11.9 Å². The van der Waals surface area contributed by atoms with E-state index in [1.165, 1.54) is 0 Å². The molecule has 0 bridgehead atoms. The van der Waals surface area contributed by atoms with Crippen LogP contribution in [0.25, 0.3) is 0 Å². The van der Waals surface area contributed by atoms with Gasteiger partial charge >= 0.3 is 0 Å². The summed E-state index contributed by atoms with van der Waals surface area (Å²) in [5, 5.41) is 3.18. The molecule has 1 amide bonds. The van der Waals surface area contributed by atoms with Crippen molar-refractivity contribution in [2.75, 3.05) is 38.7 Å². The van der Waals surface area contributed by atoms with Crippen molar-refractivity contribution in [2.24, 2.45) is 0 Å². The van der Waals surface area contributed by atoms with Crippen molar-refractivity contribution >= 4 is 11.7 Å². The zero-order valence-electron chi connectivity index (χ0n) is 13.8. The first-order chi connectivity index (χ1) is 9.99. The van der Waals surface area contributed by atoms with Gasteiger partial charge in [-0.15, -0.1) is 0 Å². The van der Waals surface area contributed by atoms with Crippen molar-refractivity contribution in [3.63, 3.8) is 0 Å². The van der Waals surface area contributed by atoms with Crippen molar-refractivity contribution in [3.05, 3.63) is 23.4 Å². The second-order valence-corrected chi connectivity index (χ2v) is 5.27. The lowest BCUT2D eigenvalue weighted by Crippen LogP contribution is -2.30. The molecular weight excluding hydrogens is 266 g/mol. The maximum Gasteiger partial charge on any atom is 0.253 e. The minimum absolute atomic E-state index is 0.00171. The molecular formula is C16H27N3O2. The maximum absolute atomic E-state index is 12.5. The summed E-state index contributed by atoms with van der Waals surface area (Å²) in [7, 11) is 1.80. The van der Waals surface area contributed by atoms with Crippen molar-refractivity contribution in [1.82, 2.24) is 9.88 Å². The van der Waals surface area contributed by atoms with Crippen LogP contribution < -0.4 is 5.32 Å². The SMILES string of the molecule is CCNc1cc(C(=O)N(C)CCOCC)cc(C(C)C)n1. The van der Waals surface area contributed by atoms with E-state index in [1.807, 2.05) is 26.0 Å². The molecule has 0 saturated heterocycles. The van der Waals surface area contributed by atoms with Crippen LogP contribution >= 0.6 is 0 Å². The molecule has 118 valence electrons. The minimum atomic E-state index is -0.00171. The van der Waals surface area contributed by atoms with Crippen LogP contribution in [0.15, 0.2) is 12.1 Å². The van der Waals surface area contributed by atoms with E-state index in [-0.39, 0.29) is 11.8 Å². The number of rotatable bonds is 8. The predicted molar refractivity (Wildman–Crippen MR) is 85.9 cm³/mol. The first-order valence-electron chi connectivity index (χ1n) is 7.58. The molecule has 0 aliphatic carbocycles. The number of ether oxygens (including phenoxy) is 1. The number of hydrogen-bond acceptors (Lipinski definition) is 4. The smallest absolute Gasteiger partial charge is 0.253 e. The number of pyridine rings is 1. The van der Waals surface area contributed by atoms with Gasteiger partial charge in [0, 0.05) is 38.0 Å². The number of likely N-dealkylation sites (N-methyl/N-ethyl adjacent to an activating group) is 1. The van der Waals surface area contributed by atoms with Crippen LogP contribution in [-0.2, 0) is 4.74 Å². The van der Waals surface area contributed by atoms with Crippen molar-refractivity contribution < 1.29 is 9.53 Å². The van der Waals surface area contributed by atoms with Gasteiger partial charge in [0.15, 0.2) is 0 Å². The summed E-state index contributed by atoms with van der Waals surface area (Å²) < 4.78 is 5.30. The third-order valence-electron chi connectivity index (χ3n) is 3.16. The molecule has 0 aromatic carbocycles. The van der Waals surface area contributed by atoms with Crippen LogP contribution in [0, 0.1) is 0 Å². The Kier molecular flexibility index (Phi) is 7.15. The average molecular weight is 293 g/mol. The highest BCUT2D eigenvalue weighted by atomic mass is 16.5. The molecule has 0 aliphatic rings. The lowest BCUT2D eigenvalue weighted by Gasteiger charge is -2.18. The number of nitrogens with one attached hydrogen (secondary N) is 1. The van der Waals surface area contributed by atoms with Gasteiger partial charge in [0.2, 0.25) is 0 Å². The van der Waals surface area contributed by atoms with Gasteiger partial charge in [-0.2, -0.15) is 0 Å². The number of hydrogen-bond donors (Lipinski definition) is 1. The summed E-state index contributed by atoms with van der Waals surface area (Å²) in [6.07, 6.45) is 0. The molecule has 0 unspecified atom stereocenters. The van der Waals surface area contributed by atoms with E-state index in [2.05, 4.69) is 24.1 Å². The fraction of sp³-hybridized carbons (Fsp3) is 0.625. The second-order valence-electron chi connectivity index (χ2n) is 5.27.